The number of hydrogen-bond donors (Lipinski definition) is 0. The smallest absolute Gasteiger partial charge is 0.123 e. The summed E-state index contributed by atoms with van der Waals surface area (Å²) in [4.78, 5) is 2.76. The van der Waals surface area contributed by atoms with Gasteiger partial charge in [0.25, 0.3) is 0 Å². The minimum Gasteiger partial charge on any atom is -0.300 e. The van der Waals surface area contributed by atoms with E-state index in [1.807, 2.05) is 12.1 Å². The van der Waals surface area contributed by atoms with Crippen molar-refractivity contribution in [3.8, 4) is 0 Å². The average Bonchev–Trinajstić information content (AvgIpc) is 3.32. The molecule has 3 fully saturated rings. The Hall–Kier alpha value is -0.890. The van der Waals surface area contributed by atoms with Crippen LogP contribution in [0.25, 0.3) is 0 Å². The minimum atomic E-state index is -0.119. The molecule has 0 N–H and O–H groups in total. The van der Waals surface area contributed by atoms with Gasteiger partial charge in [-0.25, -0.2) is 4.39 Å². The van der Waals surface area contributed by atoms with Gasteiger partial charge in [-0.3, -0.25) is 0 Å². The Morgan fingerprint density at radius 3 is 2.32 bits per heavy atom. The first-order valence-corrected chi connectivity index (χ1v) is 9.13. The molecule has 2 aliphatic carbocycles. The van der Waals surface area contributed by atoms with Crippen molar-refractivity contribution in [3.63, 3.8) is 0 Å². The quantitative estimate of drug-likeness (QED) is 0.761. The van der Waals surface area contributed by atoms with E-state index in [0.29, 0.717) is 11.3 Å². The molecule has 1 heterocycles. The summed E-state index contributed by atoms with van der Waals surface area (Å²) < 4.78 is 13.1. The Morgan fingerprint density at radius 1 is 1.00 bits per heavy atom. The van der Waals surface area contributed by atoms with Crippen LogP contribution in [-0.4, -0.2) is 24.0 Å². The first kappa shape index (κ1) is 14.7. The number of rotatable bonds is 3. The molecular formula is C20H28FN. The van der Waals surface area contributed by atoms with Crippen LogP contribution < -0.4 is 0 Å². The van der Waals surface area contributed by atoms with Gasteiger partial charge in [-0.15, -0.1) is 0 Å². The van der Waals surface area contributed by atoms with Crippen LogP contribution in [-0.2, 0) is 0 Å². The third kappa shape index (κ3) is 2.82. The Kier molecular flexibility index (Phi) is 3.76. The fourth-order valence-corrected chi connectivity index (χ4v) is 5.03. The highest BCUT2D eigenvalue weighted by Gasteiger charge is 2.47. The summed E-state index contributed by atoms with van der Waals surface area (Å²) in [6, 6.07) is 8.02. The topological polar surface area (TPSA) is 3.24 Å². The molecular weight excluding hydrogens is 273 g/mol. The molecule has 2 heteroatoms. The fraction of sp³-hybridized carbons (Fsp3) is 0.700. The number of benzene rings is 1. The summed E-state index contributed by atoms with van der Waals surface area (Å²) in [6.07, 6.45) is 9.73. The third-order valence-corrected chi connectivity index (χ3v) is 6.70. The predicted molar refractivity (Wildman–Crippen MR) is 88.4 cm³/mol. The Labute approximate surface area is 133 Å². The molecule has 1 aromatic carbocycles. The van der Waals surface area contributed by atoms with Crippen LogP contribution in [0.15, 0.2) is 24.3 Å². The molecule has 2 unspecified atom stereocenters. The Bertz CT molecular complexity index is 513. The summed E-state index contributed by atoms with van der Waals surface area (Å²) in [5.41, 5.74) is 1.98. The molecule has 0 aromatic heterocycles. The first-order chi connectivity index (χ1) is 10.6. The number of hydrogen-bond acceptors (Lipinski definition) is 1. The SMILES string of the molecule is CC1(C2CC2)CCC(N2CCC(c3ccc(F)cc3)CC2)C1. The van der Waals surface area contributed by atoms with Crippen molar-refractivity contribution < 1.29 is 4.39 Å². The second-order valence-electron chi connectivity index (χ2n) is 8.19. The zero-order valence-corrected chi connectivity index (χ0v) is 13.7. The normalized spacial score (nSPS) is 34.2. The van der Waals surface area contributed by atoms with Crippen molar-refractivity contribution in [3.05, 3.63) is 35.6 Å². The van der Waals surface area contributed by atoms with Gasteiger partial charge in [0.15, 0.2) is 0 Å². The van der Waals surface area contributed by atoms with Crippen LogP contribution in [0.4, 0.5) is 4.39 Å². The van der Waals surface area contributed by atoms with Crippen molar-refractivity contribution in [2.45, 2.75) is 63.8 Å². The lowest BCUT2D eigenvalue weighted by Crippen LogP contribution is -2.40. The van der Waals surface area contributed by atoms with Crippen LogP contribution in [0.2, 0.25) is 0 Å². The van der Waals surface area contributed by atoms with Gasteiger partial charge in [0.1, 0.15) is 5.82 Å². The van der Waals surface area contributed by atoms with E-state index in [2.05, 4.69) is 11.8 Å². The van der Waals surface area contributed by atoms with Crippen molar-refractivity contribution in [1.29, 1.82) is 0 Å². The molecule has 0 radical (unpaired) electrons. The highest BCUT2D eigenvalue weighted by atomic mass is 19.1. The zero-order valence-electron chi connectivity index (χ0n) is 13.7. The maximum Gasteiger partial charge on any atom is 0.123 e. The summed E-state index contributed by atoms with van der Waals surface area (Å²) in [5.74, 6) is 1.55. The molecule has 0 bridgehead atoms. The standard InChI is InChI=1S/C20H28FN/c1-20(17-4-5-17)11-8-19(14-20)22-12-9-16(10-13-22)15-2-6-18(21)7-3-15/h2-3,6-7,16-17,19H,4-5,8-14H2,1H3. The molecule has 1 aliphatic heterocycles. The van der Waals surface area contributed by atoms with Gasteiger partial charge >= 0.3 is 0 Å². The van der Waals surface area contributed by atoms with Crippen LogP contribution in [0.3, 0.4) is 0 Å². The van der Waals surface area contributed by atoms with Gasteiger partial charge in [0, 0.05) is 6.04 Å². The van der Waals surface area contributed by atoms with E-state index in [-0.39, 0.29) is 5.82 Å². The van der Waals surface area contributed by atoms with E-state index in [9.17, 15) is 4.39 Å². The van der Waals surface area contributed by atoms with Gasteiger partial charge in [0.2, 0.25) is 0 Å². The zero-order chi connectivity index (χ0) is 15.2. The predicted octanol–water partition coefficient (Wildman–Crippen LogP) is 4.97. The summed E-state index contributed by atoms with van der Waals surface area (Å²) in [7, 11) is 0. The molecule has 2 atom stereocenters. The van der Waals surface area contributed by atoms with E-state index in [1.165, 1.54) is 63.6 Å². The molecule has 2 saturated carbocycles. The van der Waals surface area contributed by atoms with Gasteiger partial charge in [-0.2, -0.15) is 0 Å². The first-order valence-electron chi connectivity index (χ1n) is 9.13. The second kappa shape index (κ2) is 5.63. The van der Waals surface area contributed by atoms with Gasteiger partial charge in [-0.1, -0.05) is 19.1 Å². The van der Waals surface area contributed by atoms with Gasteiger partial charge in [0.05, 0.1) is 0 Å². The van der Waals surface area contributed by atoms with Crippen molar-refractivity contribution in [2.24, 2.45) is 11.3 Å². The van der Waals surface area contributed by atoms with Crippen molar-refractivity contribution in [1.82, 2.24) is 4.90 Å². The lowest BCUT2D eigenvalue weighted by molar-refractivity contribution is 0.139. The molecule has 1 aromatic rings. The molecule has 0 spiro atoms. The van der Waals surface area contributed by atoms with Crippen LogP contribution in [0.5, 0.6) is 0 Å². The molecule has 4 rings (SSSR count). The summed E-state index contributed by atoms with van der Waals surface area (Å²) in [6.45, 7) is 5.00. The second-order valence-corrected chi connectivity index (χ2v) is 8.19. The maximum atomic E-state index is 13.1. The molecule has 22 heavy (non-hydrogen) atoms. The monoisotopic (exact) mass is 301 g/mol. The Balaban J connectivity index is 1.33. The van der Waals surface area contributed by atoms with E-state index in [4.69, 9.17) is 0 Å². The van der Waals surface area contributed by atoms with Gasteiger partial charge in [-0.05, 0) is 93.0 Å². The van der Waals surface area contributed by atoms with Crippen LogP contribution in [0, 0.1) is 17.2 Å². The average molecular weight is 301 g/mol. The number of halogens is 1. The molecule has 120 valence electrons. The minimum absolute atomic E-state index is 0.119. The lowest BCUT2D eigenvalue weighted by Gasteiger charge is -2.37. The van der Waals surface area contributed by atoms with E-state index < -0.39 is 0 Å². The fourth-order valence-electron chi connectivity index (χ4n) is 5.03. The number of nitrogens with zero attached hydrogens (tertiary/aromatic N) is 1. The maximum absolute atomic E-state index is 13.1. The number of piperidine rings is 1. The largest absolute Gasteiger partial charge is 0.300 e. The van der Waals surface area contributed by atoms with Gasteiger partial charge < -0.3 is 4.90 Å². The highest BCUT2D eigenvalue weighted by molar-refractivity contribution is 5.21. The third-order valence-electron chi connectivity index (χ3n) is 6.70. The molecule has 1 saturated heterocycles. The van der Waals surface area contributed by atoms with E-state index >= 15 is 0 Å². The highest BCUT2D eigenvalue weighted by Crippen LogP contribution is 2.55. The van der Waals surface area contributed by atoms with E-state index in [0.717, 1.165) is 12.0 Å². The Morgan fingerprint density at radius 2 is 1.68 bits per heavy atom. The lowest BCUT2D eigenvalue weighted by atomic mass is 9.83. The van der Waals surface area contributed by atoms with Crippen molar-refractivity contribution in [2.75, 3.05) is 13.1 Å². The summed E-state index contributed by atoms with van der Waals surface area (Å²) >= 11 is 0. The van der Waals surface area contributed by atoms with Crippen LogP contribution >= 0.6 is 0 Å². The van der Waals surface area contributed by atoms with Crippen molar-refractivity contribution >= 4 is 0 Å². The molecule has 3 aliphatic rings. The summed E-state index contributed by atoms with van der Waals surface area (Å²) in [5, 5.41) is 0. The number of likely N-dealkylation sites (tertiary alicyclic amines) is 1. The molecule has 0 amide bonds. The molecule has 1 nitrogen and oxygen atoms in total. The van der Waals surface area contributed by atoms with E-state index in [1.54, 1.807) is 12.1 Å². The van der Waals surface area contributed by atoms with Crippen LogP contribution in [0.1, 0.15) is 63.4 Å².